The second kappa shape index (κ2) is 32.2. The Morgan fingerprint density at radius 2 is 0.446 bits per heavy atom. The Bertz CT molecular complexity index is 2210. The van der Waals surface area contributed by atoms with E-state index in [1.54, 1.807) is 0 Å². The summed E-state index contributed by atoms with van der Waals surface area (Å²) in [6, 6.07) is 35.1. The second-order valence-corrected chi connectivity index (χ2v) is 17.4. The van der Waals surface area contributed by atoms with E-state index in [4.69, 9.17) is 56.8 Å². The molecule has 0 radical (unpaired) electrons. The van der Waals surface area contributed by atoms with Crippen molar-refractivity contribution < 1.29 is 66.0 Å². The maximum absolute atomic E-state index is 6.06. The predicted octanol–water partition coefficient (Wildman–Crippen LogP) is 8.23. The molecule has 4 aromatic carbocycles. The van der Waals surface area contributed by atoms with Crippen LogP contribution in [0.25, 0.3) is 0 Å². The molecule has 14 nitrogen and oxygen atoms in total. The minimum atomic E-state index is 0.443. The number of aryl methyl sites for hydroxylation is 2. The average molecular weight is 1010 g/mol. The molecule has 74 heavy (non-hydrogen) atoms. The molecular weight excluding hydrogens is 941 g/mol. The van der Waals surface area contributed by atoms with Crippen LogP contribution in [0.2, 0.25) is 0 Å². The van der Waals surface area contributed by atoms with Gasteiger partial charge in [0.2, 0.25) is 0 Å². The molecule has 0 saturated heterocycles. The lowest BCUT2D eigenvalue weighted by molar-refractivity contribution is -0.672. The molecule has 9 heterocycles. The fourth-order valence-electron chi connectivity index (χ4n) is 7.72. The van der Waals surface area contributed by atoms with Gasteiger partial charge in [0, 0.05) is 47.9 Å². The lowest BCUT2D eigenvalue weighted by atomic mass is 10.1. The summed E-state index contributed by atoms with van der Waals surface area (Å²) in [5, 5.41) is 0. The van der Waals surface area contributed by atoms with Gasteiger partial charge in [-0.2, -0.15) is 0 Å². The first-order valence-electron chi connectivity index (χ1n) is 25.5. The van der Waals surface area contributed by atoms with Crippen LogP contribution >= 0.6 is 0 Å². The maximum Gasteiger partial charge on any atom is 0.171 e. The molecule has 0 unspecified atom stereocenters. The second-order valence-electron chi connectivity index (χ2n) is 17.4. The molecule has 0 saturated carbocycles. The largest absolute Gasteiger partial charge is 0.493 e. The van der Waals surface area contributed by atoms with Gasteiger partial charge < -0.3 is 56.8 Å². The SMILES string of the molecule is C[n+]1cc2cc(c1)CCOc1ccc(cc1)OCCOCC=CCOCCOc1ccc(cc1)OCCc1cc(c[n+](C)c1)CCOc1ccc(cc1)OCCOCC=CCOCCOc1ccc(cc1)OCC2. The summed E-state index contributed by atoms with van der Waals surface area (Å²) in [6.07, 6.45) is 19.4. The van der Waals surface area contributed by atoms with E-state index in [1.165, 1.54) is 22.3 Å². The third kappa shape index (κ3) is 21.5. The lowest BCUT2D eigenvalue weighted by Gasteiger charge is -2.10. The van der Waals surface area contributed by atoms with Gasteiger partial charge in [-0.25, -0.2) is 9.13 Å². The van der Waals surface area contributed by atoms with Crippen molar-refractivity contribution >= 4 is 0 Å². The van der Waals surface area contributed by atoms with E-state index in [9.17, 15) is 0 Å². The Kier molecular flexibility index (Phi) is 23.8. The Balaban J connectivity index is 0.826. The van der Waals surface area contributed by atoms with E-state index in [2.05, 4.69) is 46.1 Å². The Labute approximate surface area is 436 Å². The molecule has 6 aromatic rings. The molecule has 0 fully saturated rings. The third-order valence-corrected chi connectivity index (χ3v) is 11.3. The van der Waals surface area contributed by atoms with Crippen LogP contribution in [0.15, 0.2) is 158 Å². The molecule has 14 heteroatoms. The van der Waals surface area contributed by atoms with E-state index in [1.807, 2.05) is 135 Å². The highest BCUT2D eigenvalue weighted by molar-refractivity contribution is 5.34. The molecule has 0 spiro atoms. The monoisotopic (exact) mass is 1010 g/mol. The Morgan fingerprint density at radius 1 is 0.257 bits per heavy atom. The fraction of sp³-hybridized carbons (Fsp3) is 0.367. The van der Waals surface area contributed by atoms with E-state index < -0.39 is 0 Å². The van der Waals surface area contributed by atoms with Gasteiger partial charge in [-0.15, -0.1) is 0 Å². The van der Waals surface area contributed by atoms with Crippen molar-refractivity contribution in [2.45, 2.75) is 25.7 Å². The van der Waals surface area contributed by atoms with Crippen LogP contribution < -0.4 is 47.0 Å². The van der Waals surface area contributed by atoms with Crippen molar-refractivity contribution in [3.63, 3.8) is 0 Å². The van der Waals surface area contributed by atoms with Crippen LogP contribution in [0.4, 0.5) is 0 Å². The Hall–Kier alpha value is -7.10. The van der Waals surface area contributed by atoms with Crippen LogP contribution in [0, 0.1) is 0 Å². The molecule has 0 aliphatic carbocycles. The van der Waals surface area contributed by atoms with Crippen molar-refractivity contribution in [1.82, 2.24) is 0 Å². The first kappa shape index (κ1) is 54.7. The van der Waals surface area contributed by atoms with Crippen molar-refractivity contribution in [2.24, 2.45) is 14.1 Å². The van der Waals surface area contributed by atoms with Crippen molar-refractivity contribution in [3.05, 3.63) is 181 Å². The highest BCUT2D eigenvalue weighted by Gasteiger charge is 2.09. The number of hydrogen-bond acceptors (Lipinski definition) is 12. The van der Waals surface area contributed by atoms with Gasteiger partial charge in [0.15, 0.2) is 24.8 Å². The zero-order chi connectivity index (χ0) is 51.1. The zero-order valence-corrected chi connectivity index (χ0v) is 42.9. The average Bonchev–Trinajstić information content (AvgIpc) is 3.40. The van der Waals surface area contributed by atoms with Crippen molar-refractivity contribution in [2.75, 3.05) is 106 Å². The number of benzene rings is 4. The summed E-state index contributed by atoms with van der Waals surface area (Å²) in [4.78, 5) is 0. The van der Waals surface area contributed by atoms with Gasteiger partial charge in [-0.05, 0) is 109 Å². The molecule has 2 aromatic heterocycles. The number of ether oxygens (including phenoxy) is 12. The van der Waals surface area contributed by atoms with Crippen LogP contribution in [-0.2, 0) is 58.7 Å². The number of aromatic nitrogens is 2. The first-order valence-corrected chi connectivity index (χ1v) is 25.5. The van der Waals surface area contributed by atoms with Gasteiger partial charge in [-0.1, -0.05) is 24.3 Å². The fourth-order valence-corrected chi connectivity index (χ4v) is 7.72. The van der Waals surface area contributed by atoms with Gasteiger partial charge in [0.25, 0.3) is 0 Å². The lowest BCUT2D eigenvalue weighted by Crippen LogP contribution is -2.29. The maximum atomic E-state index is 6.06. The number of rotatable bonds is 0. The van der Waals surface area contributed by atoms with E-state index in [-0.39, 0.29) is 0 Å². The molecule has 0 amide bonds. The smallest absolute Gasteiger partial charge is 0.171 e. The summed E-state index contributed by atoms with van der Waals surface area (Å²) in [5.74, 6) is 6.23. The molecule has 7 aliphatic rings. The molecule has 7 aliphatic heterocycles. The highest BCUT2D eigenvalue weighted by Crippen LogP contribution is 2.22. The molecular formula is C60H72N2O12+2. The standard InChI is InChI=1S/C60H72N2O12/c1-61-45-49-23-31-67-53-7-15-57(16-8-53)71-39-35-63-27-3-5-29-65-37-41-73-59-19-11-55(12-20-59)69-33-25-51-44-52(48-62(2)47-51)26-34-70-56-13-21-60(22-14-56)74-42-38-66-30-6-4-28-64-36-40-72-58-17-9-54(10-18-58)68-32-24-50(43-49)46-61/h3-22,43-48H,23-42H2,1-2H3/q+2. The summed E-state index contributed by atoms with van der Waals surface area (Å²) >= 11 is 0. The number of nitrogens with zero attached hydrogens (tertiary/aromatic N) is 2. The van der Waals surface area contributed by atoms with Crippen LogP contribution in [0.1, 0.15) is 22.3 Å². The highest BCUT2D eigenvalue weighted by atomic mass is 16.5. The summed E-state index contributed by atoms with van der Waals surface area (Å²) in [6.45, 7) is 7.77. The zero-order valence-electron chi connectivity index (χ0n) is 42.9. The Morgan fingerprint density at radius 3 is 0.649 bits per heavy atom. The minimum absolute atomic E-state index is 0.443. The number of hydrogen-bond donors (Lipinski definition) is 0. The molecule has 12 bridgehead atoms. The van der Waals surface area contributed by atoms with Crippen LogP contribution in [-0.4, -0.2) is 106 Å². The van der Waals surface area contributed by atoms with Crippen LogP contribution in [0.5, 0.6) is 46.0 Å². The summed E-state index contributed by atoms with van der Waals surface area (Å²) < 4.78 is 74.6. The van der Waals surface area contributed by atoms with Gasteiger partial charge >= 0.3 is 0 Å². The molecule has 13 rings (SSSR count). The quantitative estimate of drug-likeness (QED) is 0.108. The molecule has 0 atom stereocenters. The van der Waals surface area contributed by atoms with Gasteiger partial charge in [0.1, 0.15) is 86.5 Å². The van der Waals surface area contributed by atoms with Gasteiger partial charge in [0.05, 0.1) is 79.3 Å². The minimum Gasteiger partial charge on any atom is -0.493 e. The summed E-state index contributed by atoms with van der Waals surface area (Å²) in [5.41, 5.74) is 4.78. The normalized spacial score (nSPS) is 16.2. The molecule has 0 N–H and O–H groups in total. The van der Waals surface area contributed by atoms with Crippen LogP contribution in [0.3, 0.4) is 0 Å². The summed E-state index contributed by atoms with van der Waals surface area (Å²) in [7, 11) is 4.08. The van der Waals surface area contributed by atoms with E-state index in [0.29, 0.717) is 106 Å². The predicted molar refractivity (Wildman–Crippen MR) is 281 cm³/mol. The topological polar surface area (TPSA) is 119 Å². The molecule has 392 valence electrons. The van der Waals surface area contributed by atoms with Crippen molar-refractivity contribution in [1.29, 1.82) is 0 Å². The van der Waals surface area contributed by atoms with E-state index in [0.717, 1.165) is 71.7 Å². The third-order valence-electron chi connectivity index (χ3n) is 11.3. The number of pyridine rings is 2. The van der Waals surface area contributed by atoms with Gasteiger partial charge in [-0.3, -0.25) is 0 Å². The van der Waals surface area contributed by atoms with Crippen molar-refractivity contribution in [3.8, 4) is 46.0 Å². The first-order chi connectivity index (χ1) is 36.5. The van der Waals surface area contributed by atoms with E-state index >= 15 is 0 Å².